The number of nitrogens with zero attached hydrogens (tertiary/aromatic N) is 2. The van der Waals surface area contributed by atoms with Gasteiger partial charge in [0.1, 0.15) is 12.4 Å². The Labute approximate surface area is 111 Å². The van der Waals surface area contributed by atoms with Gasteiger partial charge in [-0.1, -0.05) is 11.8 Å². The number of hydrogen-bond donors (Lipinski definition) is 1. The summed E-state index contributed by atoms with van der Waals surface area (Å²) in [6.45, 7) is 4.24. The number of rotatable bonds is 2. The molecule has 2 aromatic rings. The highest BCUT2D eigenvalue weighted by molar-refractivity contribution is 5.38. The van der Waals surface area contributed by atoms with Crippen LogP contribution in [0.5, 0.6) is 0 Å². The first-order chi connectivity index (χ1) is 9.10. The standard InChI is InChI=1S/C15H15FN2O/c1-11-12(2)18(10-17-11)9-14-6-13(4-3-5-19)7-15(16)8-14/h6-8,10,19H,5,9H2,1-2H3. The highest BCUT2D eigenvalue weighted by Crippen LogP contribution is 2.12. The molecule has 3 nitrogen and oxygen atoms in total. The fourth-order valence-electron chi connectivity index (χ4n) is 1.86. The van der Waals surface area contributed by atoms with Gasteiger partial charge in [-0.15, -0.1) is 0 Å². The Morgan fingerprint density at radius 1 is 1.32 bits per heavy atom. The summed E-state index contributed by atoms with van der Waals surface area (Å²) in [6, 6.07) is 4.66. The molecular weight excluding hydrogens is 243 g/mol. The lowest BCUT2D eigenvalue weighted by atomic mass is 10.1. The number of aryl methyl sites for hydroxylation is 1. The van der Waals surface area contributed by atoms with Crippen LogP contribution in [0.25, 0.3) is 0 Å². The van der Waals surface area contributed by atoms with Crippen molar-refractivity contribution in [3.05, 3.63) is 52.9 Å². The van der Waals surface area contributed by atoms with Gasteiger partial charge in [-0.25, -0.2) is 9.37 Å². The monoisotopic (exact) mass is 258 g/mol. The van der Waals surface area contributed by atoms with Crippen LogP contribution in [0.4, 0.5) is 4.39 Å². The average Bonchev–Trinajstić information content (AvgIpc) is 2.68. The fraction of sp³-hybridized carbons (Fsp3) is 0.267. The first-order valence-electron chi connectivity index (χ1n) is 5.97. The molecule has 0 aliphatic carbocycles. The molecule has 0 unspecified atom stereocenters. The van der Waals surface area contributed by atoms with E-state index < -0.39 is 0 Å². The lowest BCUT2D eigenvalue weighted by molar-refractivity contribution is 0.350. The highest BCUT2D eigenvalue weighted by Gasteiger charge is 2.05. The number of aliphatic hydroxyl groups is 1. The maximum absolute atomic E-state index is 13.5. The highest BCUT2D eigenvalue weighted by atomic mass is 19.1. The molecule has 2 rings (SSSR count). The molecular formula is C15H15FN2O. The summed E-state index contributed by atoms with van der Waals surface area (Å²) in [4.78, 5) is 4.21. The predicted octanol–water partition coefficient (Wildman–Crippen LogP) is 2.03. The first kappa shape index (κ1) is 13.3. The van der Waals surface area contributed by atoms with Crippen LogP contribution in [-0.2, 0) is 6.54 Å². The van der Waals surface area contributed by atoms with Crippen molar-refractivity contribution in [2.45, 2.75) is 20.4 Å². The third-order valence-electron chi connectivity index (χ3n) is 2.97. The minimum atomic E-state index is -0.325. The zero-order valence-electron chi connectivity index (χ0n) is 10.9. The average molecular weight is 258 g/mol. The summed E-state index contributed by atoms with van der Waals surface area (Å²) < 4.78 is 15.5. The van der Waals surface area contributed by atoms with E-state index in [1.165, 1.54) is 12.1 Å². The number of aromatic nitrogens is 2. The summed E-state index contributed by atoms with van der Waals surface area (Å²) in [5, 5.41) is 8.66. The minimum Gasteiger partial charge on any atom is -0.384 e. The smallest absolute Gasteiger partial charge is 0.124 e. The van der Waals surface area contributed by atoms with Gasteiger partial charge in [0.15, 0.2) is 0 Å². The van der Waals surface area contributed by atoms with Gasteiger partial charge < -0.3 is 9.67 Å². The van der Waals surface area contributed by atoms with Crippen molar-refractivity contribution in [3.8, 4) is 11.8 Å². The summed E-state index contributed by atoms with van der Waals surface area (Å²) in [5.41, 5.74) is 3.42. The topological polar surface area (TPSA) is 38.0 Å². The zero-order chi connectivity index (χ0) is 13.8. The molecule has 0 aliphatic rings. The first-order valence-corrected chi connectivity index (χ1v) is 5.97. The molecule has 1 aromatic carbocycles. The Morgan fingerprint density at radius 3 is 2.74 bits per heavy atom. The van der Waals surface area contributed by atoms with Gasteiger partial charge in [0.2, 0.25) is 0 Å². The van der Waals surface area contributed by atoms with E-state index in [4.69, 9.17) is 5.11 Å². The predicted molar refractivity (Wildman–Crippen MR) is 71.2 cm³/mol. The van der Waals surface area contributed by atoms with Crippen molar-refractivity contribution in [1.29, 1.82) is 0 Å². The summed E-state index contributed by atoms with van der Waals surface area (Å²) in [6.07, 6.45) is 1.74. The van der Waals surface area contributed by atoms with Crippen molar-refractivity contribution in [1.82, 2.24) is 9.55 Å². The number of aliphatic hydroxyl groups excluding tert-OH is 1. The summed E-state index contributed by atoms with van der Waals surface area (Å²) in [5.74, 6) is 4.91. The summed E-state index contributed by atoms with van der Waals surface area (Å²) >= 11 is 0. The van der Waals surface area contributed by atoms with E-state index in [9.17, 15) is 4.39 Å². The van der Waals surface area contributed by atoms with Crippen LogP contribution in [-0.4, -0.2) is 21.3 Å². The van der Waals surface area contributed by atoms with Crippen molar-refractivity contribution in [2.75, 3.05) is 6.61 Å². The third kappa shape index (κ3) is 3.21. The lowest BCUT2D eigenvalue weighted by Crippen LogP contribution is -2.01. The van der Waals surface area contributed by atoms with E-state index in [0.29, 0.717) is 12.1 Å². The van der Waals surface area contributed by atoms with Crippen LogP contribution in [0.3, 0.4) is 0 Å². The van der Waals surface area contributed by atoms with Crippen LogP contribution in [0, 0.1) is 31.5 Å². The van der Waals surface area contributed by atoms with Gasteiger partial charge in [0, 0.05) is 17.8 Å². The second-order valence-corrected chi connectivity index (χ2v) is 4.35. The maximum atomic E-state index is 13.5. The zero-order valence-corrected chi connectivity index (χ0v) is 10.9. The van der Waals surface area contributed by atoms with Crippen molar-refractivity contribution >= 4 is 0 Å². The van der Waals surface area contributed by atoms with E-state index in [0.717, 1.165) is 17.0 Å². The van der Waals surface area contributed by atoms with Gasteiger partial charge in [-0.3, -0.25) is 0 Å². The van der Waals surface area contributed by atoms with Crippen molar-refractivity contribution < 1.29 is 9.50 Å². The Bertz CT molecular complexity index is 650. The lowest BCUT2D eigenvalue weighted by Gasteiger charge is -2.06. The molecule has 0 amide bonds. The Morgan fingerprint density at radius 2 is 2.11 bits per heavy atom. The maximum Gasteiger partial charge on any atom is 0.124 e. The molecule has 0 saturated heterocycles. The van der Waals surface area contributed by atoms with Gasteiger partial charge in [0.25, 0.3) is 0 Å². The largest absolute Gasteiger partial charge is 0.384 e. The van der Waals surface area contributed by atoms with Crippen molar-refractivity contribution in [3.63, 3.8) is 0 Å². The van der Waals surface area contributed by atoms with Crippen LogP contribution in [0.1, 0.15) is 22.5 Å². The molecule has 0 atom stereocenters. The van der Waals surface area contributed by atoms with Crippen molar-refractivity contribution in [2.24, 2.45) is 0 Å². The van der Waals surface area contributed by atoms with E-state index in [2.05, 4.69) is 16.8 Å². The second kappa shape index (κ2) is 5.68. The van der Waals surface area contributed by atoms with Gasteiger partial charge >= 0.3 is 0 Å². The minimum absolute atomic E-state index is 0.230. The molecule has 4 heteroatoms. The molecule has 1 aromatic heterocycles. The molecule has 1 N–H and O–H groups in total. The van der Waals surface area contributed by atoms with E-state index in [-0.39, 0.29) is 12.4 Å². The molecule has 0 spiro atoms. The van der Waals surface area contributed by atoms with Gasteiger partial charge in [-0.2, -0.15) is 0 Å². The molecule has 0 fully saturated rings. The Hall–Kier alpha value is -2.12. The van der Waals surface area contributed by atoms with E-state index in [1.807, 2.05) is 24.5 Å². The fourth-order valence-corrected chi connectivity index (χ4v) is 1.86. The SMILES string of the molecule is Cc1ncn(Cc2cc(F)cc(C#CCO)c2)c1C. The Balaban J connectivity index is 2.30. The number of benzene rings is 1. The second-order valence-electron chi connectivity index (χ2n) is 4.35. The van der Waals surface area contributed by atoms with Crippen LogP contribution in [0.2, 0.25) is 0 Å². The molecule has 98 valence electrons. The summed E-state index contributed by atoms with van der Waals surface area (Å²) in [7, 11) is 0. The molecule has 1 heterocycles. The van der Waals surface area contributed by atoms with Crippen LogP contribution in [0.15, 0.2) is 24.5 Å². The third-order valence-corrected chi connectivity index (χ3v) is 2.97. The quantitative estimate of drug-likeness (QED) is 0.837. The number of imidazole rings is 1. The normalized spacial score (nSPS) is 10.1. The molecule has 19 heavy (non-hydrogen) atoms. The number of hydrogen-bond acceptors (Lipinski definition) is 2. The molecule has 0 aliphatic heterocycles. The Kier molecular flexibility index (Phi) is 3.98. The van der Waals surface area contributed by atoms with Crippen LogP contribution < -0.4 is 0 Å². The molecule has 0 radical (unpaired) electrons. The van der Waals surface area contributed by atoms with E-state index >= 15 is 0 Å². The number of halogens is 1. The molecule has 0 saturated carbocycles. The van der Waals surface area contributed by atoms with Crippen LogP contribution >= 0.6 is 0 Å². The van der Waals surface area contributed by atoms with E-state index in [1.54, 1.807) is 6.33 Å². The van der Waals surface area contributed by atoms with Gasteiger partial charge in [0.05, 0.1) is 12.0 Å². The molecule has 0 bridgehead atoms. The van der Waals surface area contributed by atoms with Gasteiger partial charge in [-0.05, 0) is 37.6 Å².